The lowest BCUT2D eigenvalue weighted by molar-refractivity contribution is -0.123. The van der Waals surface area contributed by atoms with Crippen LogP contribution in [0.2, 0.25) is 0 Å². The van der Waals surface area contributed by atoms with Crippen molar-refractivity contribution in [3.63, 3.8) is 0 Å². The number of halogens is 1. The van der Waals surface area contributed by atoms with Gasteiger partial charge in [0.2, 0.25) is 5.91 Å². The highest BCUT2D eigenvalue weighted by molar-refractivity contribution is 5.99. The Morgan fingerprint density at radius 1 is 1.14 bits per heavy atom. The van der Waals surface area contributed by atoms with E-state index in [1.807, 2.05) is 0 Å². The minimum atomic E-state index is -0.405. The van der Waals surface area contributed by atoms with Gasteiger partial charge in [-0.1, -0.05) is 31.4 Å². The monoisotopic (exact) mass is 381 g/mol. The van der Waals surface area contributed by atoms with Crippen molar-refractivity contribution < 1.29 is 14.0 Å². The molecule has 0 unspecified atom stereocenters. The highest BCUT2D eigenvalue weighted by Crippen LogP contribution is 2.35. The number of benzene rings is 1. The lowest BCUT2D eigenvalue weighted by atomic mass is 9.95. The van der Waals surface area contributed by atoms with E-state index in [2.05, 4.69) is 10.3 Å². The van der Waals surface area contributed by atoms with Crippen LogP contribution in [0.5, 0.6) is 0 Å². The van der Waals surface area contributed by atoms with Crippen LogP contribution >= 0.6 is 0 Å². The van der Waals surface area contributed by atoms with Crippen molar-refractivity contribution in [2.45, 2.75) is 57.2 Å². The first-order valence-electron chi connectivity index (χ1n) is 9.91. The maximum atomic E-state index is 13.2. The molecule has 2 heterocycles. The standard InChI is InChI=1S/C22H24FN3O2/c23-16-10-8-15(9-11-16)14-26-19(21-18(22(26)28)7-4-12-24-21)13-20(27)25-17-5-2-1-3-6-17/h4,7-12,17,19H,1-3,5-6,13-14H2,(H,25,27)/t19-/m0/s1. The van der Waals surface area contributed by atoms with Gasteiger partial charge in [-0.15, -0.1) is 0 Å². The topological polar surface area (TPSA) is 62.3 Å². The summed E-state index contributed by atoms with van der Waals surface area (Å²) in [5, 5.41) is 3.13. The number of nitrogens with zero attached hydrogens (tertiary/aromatic N) is 2. The van der Waals surface area contributed by atoms with Gasteiger partial charge < -0.3 is 10.2 Å². The molecule has 0 spiro atoms. The molecule has 5 nitrogen and oxygen atoms in total. The van der Waals surface area contributed by atoms with E-state index in [1.165, 1.54) is 18.6 Å². The summed E-state index contributed by atoms with van der Waals surface area (Å²) < 4.78 is 13.2. The summed E-state index contributed by atoms with van der Waals surface area (Å²) in [5.41, 5.74) is 2.01. The van der Waals surface area contributed by atoms with Gasteiger partial charge in [-0.05, 0) is 42.7 Å². The number of pyridine rings is 1. The van der Waals surface area contributed by atoms with Crippen LogP contribution in [-0.2, 0) is 11.3 Å². The van der Waals surface area contributed by atoms with E-state index >= 15 is 0 Å². The van der Waals surface area contributed by atoms with E-state index in [0.29, 0.717) is 17.8 Å². The van der Waals surface area contributed by atoms with E-state index in [0.717, 1.165) is 31.2 Å². The van der Waals surface area contributed by atoms with Gasteiger partial charge in [-0.25, -0.2) is 4.39 Å². The molecule has 1 N–H and O–H groups in total. The van der Waals surface area contributed by atoms with Crippen LogP contribution in [0.1, 0.15) is 66.2 Å². The normalized spacial score (nSPS) is 19.5. The van der Waals surface area contributed by atoms with Gasteiger partial charge in [0, 0.05) is 18.8 Å². The summed E-state index contributed by atoms with van der Waals surface area (Å²) in [6.45, 7) is 0.316. The zero-order valence-electron chi connectivity index (χ0n) is 15.7. The second-order valence-corrected chi connectivity index (χ2v) is 7.62. The second kappa shape index (κ2) is 8.09. The first-order valence-corrected chi connectivity index (χ1v) is 9.91. The van der Waals surface area contributed by atoms with Gasteiger partial charge >= 0.3 is 0 Å². The maximum absolute atomic E-state index is 13.2. The summed E-state index contributed by atoms with van der Waals surface area (Å²) in [6.07, 6.45) is 7.40. The molecule has 1 aliphatic carbocycles. The molecule has 1 atom stereocenters. The molecular formula is C22H24FN3O2. The number of amides is 2. The molecule has 2 amide bonds. The predicted octanol–water partition coefficient (Wildman–Crippen LogP) is 3.76. The van der Waals surface area contributed by atoms with Crippen molar-refractivity contribution in [3.8, 4) is 0 Å². The van der Waals surface area contributed by atoms with Crippen molar-refractivity contribution in [2.24, 2.45) is 0 Å². The third kappa shape index (κ3) is 3.91. The van der Waals surface area contributed by atoms with Gasteiger partial charge in [0.15, 0.2) is 0 Å². The van der Waals surface area contributed by atoms with E-state index in [1.54, 1.807) is 35.4 Å². The summed E-state index contributed by atoms with van der Waals surface area (Å²) in [7, 11) is 0. The van der Waals surface area contributed by atoms with Crippen molar-refractivity contribution >= 4 is 11.8 Å². The smallest absolute Gasteiger partial charge is 0.256 e. The Hall–Kier alpha value is -2.76. The third-order valence-corrected chi connectivity index (χ3v) is 5.64. The van der Waals surface area contributed by atoms with Crippen molar-refractivity contribution in [1.82, 2.24) is 15.2 Å². The van der Waals surface area contributed by atoms with Crippen LogP contribution in [0.15, 0.2) is 42.6 Å². The van der Waals surface area contributed by atoms with Crippen LogP contribution in [0.4, 0.5) is 4.39 Å². The summed E-state index contributed by atoms with van der Waals surface area (Å²) in [6, 6.07) is 9.40. The molecule has 2 aromatic rings. The van der Waals surface area contributed by atoms with Crippen LogP contribution in [0.3, 0.4) is 0 Å². The molecule has 1 aromatic carbocycles. The van der Waals surface area contributed by atoms with Gasteiger partial charge in [0.05, 0.1) is 23.7 Å². The number of fused-ring (bicyclic) bond motifs is 1. The van der Waals surface area contributed by atoms with Gasteiger partial charge in [0.25, 0.3) is 5.91 Å². The lowest BCUT2D eigenvalue weighted by Gasteiger charge is -2.27. The maximum Gasteiger partial charge on any atom is 0.256 e. The molecule has 4 rings (SSSR count). The molecule has 6 heteroatoms. The van der Waals surface area contributed by atoms with Gasteiger partial charge in [-0.2, -0.15) is 0 Å². The number of hydrogen-bond donors (Lipinski definition) is 1. The van der Waals surface area contributed by atoms with Crippen LogP contribution in [-0.4, -0.2) is 27.7 Å². The summed E-state index contributed by atoms with van der Waals surface area (Å²) in [5.74, 6) is -0.500. The number of carbonyl (C=O) groups is 2. The Bertz CT molecular complexity index is 862. The van der Waals surface area contributed by atoms with Gasteiger partial charge in [-0.3, -0.25) is 14.6 Å². The molecular weight excluding hydrogens is 357 g/mol. The number of rotatable bonds is 5. The molecule has 2 aliphatic rings. The quantitative estimate of drug-likeness (QED) is 0.858. The number of aromatic nitrogens is 1. The Morgan fingerprint density at radius 3 is 2.64 bits per heavy atom. The molecule has 1 aliphatic heterocycles. The van der Waals surface area contributed by atoms with E-state index < -0.39 is 6.04 Å². The zero-order chi connectivity index (χ0) is 19.5. The summed E-state index contributed by atoms with van der Waals surface area (Å²) in [4.78, 5) is 31.7. The molecule has 146 valence electrons. The van der Waals surface area contributed by atoms with Crippen molar-refractivity contribution in [3.05, 3.63) is 65.2 Å². The van der Waals surface area contributed by atoms with Crippen molar-refractivity contribution in [2.75, 3.05) is 0 Å². The fourth-order valence-electron chi connectivity index (χ4n) is 4.19. The Labute approximate surface area is 164 Å². The van der Waals surface area contributed by atoms with Crippen LogP contribution in [0, 0.1) is 5.82 Å². The Morgan fingerprint density at radius 2 is 1.89 bits per heavy atom. The van der Waals surface area contributed by atoms with E-state index in [-0.39, 0.29) is 30.1 Å². The molecule has 1 fully saturated rings. The second-order valence-electron chi connectivity index (χ2n) is 7.62. The first kappa shape index (κ1) is 18.6. The SMILES string of the molecule is O=C(C[C@H]1c2ncccc2C(=O)N1Cc1ccc(F)cc1)NC1CCCCC1. The van der Waals surface area contributed by atoms with Crippen molar-refractivity contribution in [1.29, 1.82) is 0 Å². The predicted molar refractivity (Wildman–Crippen MR) is 103 cm³/mol. The molecule has 28 heavy (non-hydrogen) atoms. The highest BCUT2D eigenvalue weighted by Gasteiger charge is 2.39. The molecule has 0 saturated heterocycles. The van der Waals surface area contributed by atoms with Crippen LogP contribution in [0.25, 0.3) is 0 Å². The molecule has 0 radical (unpaired) electrons. The number of nitrogens with one attached hydrogen (secondary N) is 1. The molecule has 1 saturated carbocycles. The fourth-order valence-corrected chi connectivity index (χ4v) is 4.19. The first-order chi connectivity index (χ1) is 13.6. The molecule has 1 aromatic heterocycles. The summed E-state index contributed by atoms with van der Waals surface area (Å²) >= 11 is 0. The fraction of sp³-hybridized carbons (Fsp3) is 0.409. The minimum absolute atomic E-state index is 0.0488. The molecule has 0 bridgehead atoms. The van der Waals surface area contributed by atoms with E-state index in [9.17, 15) is 14.0 Å². The average Bonchev–Trinajstić information content (AvgIpc) is 2.96. The minimum Gasteiger partial charge on any atom is -0.353 e. The Kier molecular flexibility index (Phi) is 5.37. The van der Waals surface area contributed by atoms with Crippen LogP contribution < -0.4 is 5.32 Å². The third-order valence-electron chi connectivity index (χ3n) is 5.64. The number of carbonyl (C=O) groups excluding carboxylic acids is 2. The number of hydrogen-bond acceptors (Lipinski definition) is 3. The Balaban J connectivity index is 1.53. The zero-order valence-corrected chi connectivity index (χ0v) is 15.7. The van der Waals surface area contributed by atoms with Gasteiger partial charge in [0.1, 0.15) is 5.82 Å². The largest absolute Gasteiger partial charge is 0.353 e. The highest BCUT2D eigenvalue weighted by atomic mass is 19.1. The van der Waals surface area contributed by atoms with E-state index in [4.69, 9.17) is 0 Å². The average molecular weight is 381 g/mol. The lowest BCUT2D eigenvalue weighted by Crippen LogP contribution is -2.38.